The van der Waals surface area contributed by atoms with Crippen LogP contribution in [0.4, 0.5) is 4.79 Å². The highest BCUT2D eigenvalue weighted by atomic mass is 16.6. The van der Waals surface area contributed by atoms with Crippen LogP contribution in [0.15, 0.2) is 18.2 Å². The third-order valence-electron chi connectivity index (χ3n) is 5.48. The van der Waals surface area contributed by atoms with E-state index >= 15 is 0 Å². The van der Waals surface area contributed by atoms with E-state index in [9.17, 15) is 24.0 Å². The van der Waals surface area contributed by atoms with Gasteiger partial charge in [0.05, 0.1) is 13.5 Å². The van der Waals surface area contributed by atoms with Crippen molar-refractivity contribution >= 4 is 29.8 Å². The minimum absolute atomic E-state index is 0.304. The summed E-state index contributed by atoms with van der Waals surface area (Å²) in [5, 5.41) is 4.98. The monoisotopic (exact) mass is 504 g/mol. The van der Waals surface area contributed by atoms with Gasteiger partial charge < -0.3 is 30.7 Å². The third-order valence-corrected chi connectivity index (χ3v) is 5.48. The molecule has 1 fully saturated rings. The number of hydrogen-bond acceptors (Lipinski definition) is 7. The number of ether oxygens (including phenoxy) is 2. The molecule has 1 aliphatic rings. The van der Waals surface area contributed by atoms with Gasteiger partial charge >= 0.3 is 12.1 Å². The number of alkyl carbamates (subject to hydrolysis) is 1. The molecule has 2 atom stereocenters. The van der Waals surface area contributed by atoms with Crippen molar-refractivity contribution in [2.75, 3.05) is 13.7 Å². The highest BCUT2D eigenvalue weighted by Crippen LogP contribution is 2.37. The van der Waals surface area contributed by atoms with Crippen LogP contribution in [0.2, 0.25) is 0 Å². The number of benzene rings is 1. The molecule has 0 aromatic heterocycles. The third kappa shape index (κ3) is 8.24. The molecular weight excluding hydrogens is 468 g/mol. The minimum atomic E-state index is -1.35. The zero-order valence-corrected chi connectivity index (χ0v) is 21.7. The zero-order valence-electron chi connectivity index (χ0n) is 21.7. The Balaban J connectivity index is 2.49. The predicted molar refractivity (Wildman–Crippen MR) is 131 cm³/mol. The lowest BCUT2D eigenvalue weighted by atomic mass is 9.95. The van der Waals surface area contributed by atoms with Crippen molar-refractivity contribution in [2.24, 2.45) is 5.73 Å². The fourth-order valence-corrected chi connectivity index (χ4v) is 3.70. The molecule has 0 radical (unpaired) electrons. The molecule has 1 aliphatic carbocycles. The van der Waals surface area contributed by atoms with Gasteiger partial charge in [0.25, 0.3) is 0 Å². The second-order valence-corrected chi connectivity index (χ2v) is 9.90. The Morgan fingerprint density at radius 3 is 2.31 bits per heavy atom. The summed E-state index contributed by atoms with van der Waals surface area (Å²) in [4.78, 5) is 64.6. The average molecular weight is 505 g/mol. The summed E-state index contributed by atoms with van der Waals surface area (Å²) in [6.07, 6.45) is -0.110. The summed E-state index contributed by atoms with van der Waals surface area (Å²) in [7, 11) is 1.20. The van der Waals surface area contributed by atoms with Crippen molar-refractivity contribution in [2.45, 2.75) is 77.6 Å². The van der Waals surface area contributed by atoms with Gasteiger partial charge in [-0.1, -0.05) is 23.8 Å². The fourth-order valence-electron chi connectivity index (χ4n) is 3.70. The number of esters is 1. The molecule has 4 N–H and O–H groups in total. The van der Waals surface area contributed by atoms with Crippen LogP contribution in [0.1, 0.15) is 62.8 Å². The van der Waals surface area contributed by atoms with Crippen LogP contribution in [-0.2, 0) is 28.7 Å². The first-order valence-electron chi connectivity index (χ1n) is 11.7. The molecule has 1 aromatic rings. The molecule has 36 heavy (non-hydrogen) atoms. The van der Waals surface area contributed by atoms with Crippen LogP contribution < -0.4 is 16.4 Å². The van der Waals surface area contributed by atoms with Crippen molar-refractivity contribution in [1.29, 1.82) is 0 Å². The number of primary amides is 1. The Labute approximate surface area is 211 Å². The highest BCUT2D eigenvalue weighted by molar-refractivity contribution is 5.95. The predicted octanol–water partition coefficient (Wildman–Crippen LogP) is 1.39. The van der Waals surface area contributed by atoms with Gasteiger partial charge in [0.2, 0.25) is 17.7 Å². The standard InChI is InChI=1S/C25H36N4O7/c1-14-7-8-15(2)17(11-14)21(22(32)27-13-20(31)35-6)29(16-9-10-16)23(33)18(12-19(26)30)28-24(34)36-25(3,4)5/h7-8,11,16,18,21H,9-10,12-13H2,1-6H3,(H2,26,30)(H,27,32)(H,28,34). The summed E-state index contributed by atoms with van der Waals surface area (Å²) in [6.45, 7) is 8.27. The van der Waals surface area contributed by atoms with Crippen molar-refractivity contribution in [3.63, 3.8) is 0 Å². The van der Waals surface area contributed by atoms with E-state index in [0.29, 0.717) is 18.4 Å². The van der Waals surface area contributed by atoms with E-state index < -0.39 is 53.9 Å². The molecule has 2 unspecified atom stereocenters. The molecule has 0 aliphatic heterocycles. The number of rotatable bonds is 10. The van der Waals surface area contributed by atoms with Crippen molar-refractivity contribution in [3.8, 4) is 0 Å². The molecule has 1 saturated carbocycles. The lowest BCUT2D eigenvalue weighted by molar-refractivity contribution is -0.145. The number of amides is 4. The summed E-state index contributed by atoms with van der Waals surface area (Å²) in [5.74, 6) is -2.70. The molecular formula is C25H36N4O7. The van der Waals surface area contributed by atoms with E-state index in [1.165, 1.54) is 12.0 Å². The number of carbonyl (C=O) groups is 5. The number of nitrogens with zero attached hydrogens (tertiary/aromatic N) is 1. The number of hydrogen-bond donors (Lipinski definition) is 3. The lowest BCUT2D eigenvalue weighted by Gasteiger charge is -2.35. The zero-order chi connectivity index (χ0) is 27.2. The second kappa shape index (κ2) is 11.9. The minimum Gasteiger partial charge on any atom is -0.468 e. The van der Waals surface area contributed by atoms with E-state index in [4.69, 9.17) is 10.5 Å². The molecule has 0 bridgehead atoms. The molecule has 2 rings (SSSR count). The van der Waals surface area contributed by atoms with E-state index in [1.807, 2.05) is 26.0 Å². The van der Waals surface area contributed by atoms with Crippen molar-refractivity contribution in [1.82, 2.24) is 15.5 Å². The Bertz CT molecular complexity index is 1010. The molecule has 198 valence electrons. The van der Waals surface area contributed by atoms with Crippen LogP contribution in [-0.4, -0.2) is 66.0 Å². The van der Waals surface area contributed by atoms with Gasteiger partial charge in [0, 0.05) is 6.04 Å². The smallest absolute Gasteiger partial charge is 0.408 e. The Hall–Kier alpha value is -3.63. The molecule has 11 nitrogen and oxygen atoms in total. The van der Waals surface area contributed by atoms with Crippen LogP contribution in [0.5, 0.6) is 0 Å². The van der Waals surface area contributed by atoms with Gasteiger partial charge in [0.1, 0.15) is 24.2 Å². The largest absolute Gasteiger partial charge is 0.468 e. The lowest BCUT2D eigenvalue weighted by Crippen LogP contribution is -2.55. The van der Waals surface area contributed by atoms with E-state index in [0.717, 1.165) is 11.1 Å². The summed E-state index contributed by atoms with van der Waals surface area (Å²) in [5.41, 5.74) is 6.73. The van der Waals surface area contributed by atoms with Gasteiger partial charge in [-0.3, -0.25) is 19.2 Å². The fraction of sp³-hybridized carbons (Fsp3) is 0.560. The Morgan fingerprint density at radius 1 is 1.14 bits per heavy atom. The van der Waals surface area contributed by atoms with E-state index in [1.54, 1.807) is 26.8 Å². The number of carbonyl (C=O) groups excluding carboxylic acids is 5. The van der Waals surface area contributed by atoms with Gasteiger partial charge in [-0.25, -0.2) is 4.79 Å². The number of aryl methyl sites for hydroxylation is 2. The molecule has 1 aromatic carbocycles. The molecule has 0 spiro atoms. The van der Waals surface area contributed by atoms with E-state index in [2.05, 4.69) is 15.4 Å². The molecule has 4 amide bonds. The van der Waals surface area contributed by atoms with Crippen molar-refractivity contribution in [3.05, 3.63) is 34.9 Å². The van der Waals surface area contributed by atoms with Crippen LogP contribution in [0.25, 0.3) is 0 Å². The summed E-state index contributed by atoms with van der Waals surface area (Å²) in [6, 6.07) is 2.74. The molecule has 0 saturated heterocycles. The quantitative estimate of drug-likeness (QED) is 0.406. The normalized spacial score (nSPS) is 14.7. The highest BCUT2D eigenvalue weighted by Gasteiger charge is 2.44. The van der Waals surface area contributed by atoms with Gasteiger partial charge in [-0.05, 0) is 58.6 Å². The summed E-state index contributed by atoms with van der Waals surface area (Å²) >= 11 is 0. The maximum Gasteiger partial charge on any atom is 0.408 e. The average Bonchev–Trinajstić information content (AvgIpc) is 3.59. The number of nitrogens with one attached hydrogen (secondary N) is 2. The number of methoxy groups -OCH3 is 1. The molecule has 0 heterocycles. The molecule has 11 heteroatoms. The first kappa shape index (κ1) is 28.6. The maximum absolute atomic E-state index is 13.8. The summed E-state index contributed by atoms with van der Waals surface area (Å²) < 4.78 is 9.87. The first-order chi connectivity index (χ1) is 16.7. The van der Waals surface area contributed by atoms with Crippen LogP contribution in [0, 0.1) is 13.8 Å². The first-order valence-corrected chi connectivity index (χ1v) is 11.7. The SMILES string of the molecule is COC(=O)CNC(=O)C(c1cc(C)ccc1C)N(C(=O)C(CC(N)=O)NC(=O)OC(C)(C)C)C1CC1. The van der Waals surface area contributed by atoms with Gasteiger partial charge in [-0.2, -0.15) is 0 Å². The van der Waals surface area contributed by atoms with Gasteiger partial charge in [0.15, 0.2) is 0 Å². The Kier molecular flexibility index (Phi) is 9.43. The van der Waals surface area contributed by atoms with Gasteiger partial charge in [-0.15, -0.1) is 0 Å². The number of nitrogens with two attached hydrogens (primary N) is 1. The maximum atomic E-state index is 13.8. The van der Waals surface area contributed by atoms with Crippen LogP contribution >= 0.6 is 0 Å². The van der Waals surface area contributed by atoms with Crippen molar-refractivity contribution < 1.29 is 33.4 Å². The topological polar surface area (TPSA) is 157 Å². The second-order valence-electron chi connectivity index (χ2n) is 9.90. The van der Waals surface area contributed by atoms with Crippen LogP contribution in [0.3, 0.4) is 0 Å². The van der Waals surface area contributed by atoms with E-state index in [-0.39, 0.29) is 12.6 Å². The Morgan fingerprint density at radius 2 is 1.78 bits per heavy atom.